The molecule has 1 atom stereocenters. The van der Waals surface area contributed by atoms with Crippen molar-refractivity contribution in [1.29, 1.82) is 5.41 Å². The van der Waals surface area contributed by atoms with Crippen LogP contribution in [0, 0.1) is 5.41 Å². The molecule has 32 heavy (non-hydrogen) atoms. The van der Waals surface area contributed by atoms with Crippen molar-refractivity contribution in [1.82, 2.24) is 5.32 Å². The van der Waals surface area contributed by atoms with Crippen molar-refractivity contribution in [3.8, 4) is 11.5 Å². The molecule has 1 amide bonds. The molecule has 1 aromatic rings. The maximum Gasteiger partial charge on any atom is 0.433 e. The number of aromatic hydroxyl groups is 1. The number of halogens is 3. The summed E-state index contributed by atoms with van der Waals surface area (Å²) in [4.78, 5) is 23.9. The third-order valence-corrected chi connectivity index (χ3v) is 4.24. The largest absolute Gasteiger partial charge is 0.507 e. The van der Waals surface area contributed by atoms with Gasteiger partial charge in [-0.25, -0.2) is 4.79 Å². The summed E-state index contributed by atoms with van der Waals surface area (Å²) in [6.07, 6.45) is -3.75. The summed E-state index contributed by atoms with van der Waals surface area (Å²) >= 11 is 0. The molecular formula is C22H31F3N2O5. The minimum atomic E-state index is -4.88. The van der Waals surface area contributed by atoms with Gasteiger partial charge in [0.1, 0.15) is 28.9 Å². The van der Waals surface area contributed by atoms with E-state index < -0.39 is 40.8 Å². The van der Waals surface area contributed by atoms with Crippen molar-refractivity contribution < 1.29 is 37.3 Å². The topological polar surface area (TPSA) is 109 Å². The van der Waals surface area contributed by atoms with E-state index in [1.54, 1.807) is 27.7 Å². The summed E-state index contributed by atoms with van der Waals surface area (Å²) in [7, 11) is 0. The van der Waals surface area contributed by atoms with Crippen LogP contribution in [-0.2, 0) is 20.7 Å². The van der Waals surface area contributed by atoms with Crippen LogP contribution in [0.1, 0.15) is 65.0 Å². The van der Waals surface area contributed by atoms with Crippen LogP contribution in [0.25, 0.3) is 0 Å². The Morgan fingerprint density at radius 3 is 2.38 bits per heavy atom. The van der Waals surface area contributed by atoms with Gasteiger partial charge in [-0.05, 0) is 52.7 Å². The molecule has 0 aliphatic heterocycles. The average Bonchev–Trinajstić information content (AvgIpc) is 2.65. The van der Waals surface area contributed by atoms with Crippen LogP contribution in [-0.4, -0.2) is 47.1 Å². The molecule has 0 saturated heterocycles. The quantitative estimate of drug-likeness (QED) is 0.274. The molecule has 3 N–H and O–H groups in total. The number of phenols is 1. The molecule has 1 unspecified atom stereocenters. The molecule has 1 rings (SSSR count). The molecule has 0 radical (unpaired) electrons. The van der Waals surface area contributed by atoms with Crippen LogP contribution < -0.4 is 10.1 Å². The first kappa shape index (κ1) is 27.3. The average molecular weight is 460 g/mol. The number of amides is 1. The van der Waals surface area contributed by atoms with E-state index in [0.717, 1.165) is 6.07 Å². The highest BCUT2D eigenvalue weighted by atomic mass is 19.4. The second-order valence-electron chi connectivity index (χ2n) is 8.34. The number of benzene rings is 1. The fraction of sp³-hybridized carbons (Fsp3) is 0.591. The van der Waals surface area contributed by atoms with Gasteiger partial charge >= 0.3 is 12.1 Å². The molecule has 0 saturated carbocycles. The van der Waals surface area contributed by atoms with E-state index in [-0.39, 0.29) is 43.1 Å². The third-order valence-electron chi connectivity index (χ3n) is 4.24. The standard InChI is InChI=1S/C22H31F3N2O5/c1-6-8-14-16(11-10-15(18(14)29)19(26)22(23,24)25)31-12-7-9-17(28)27-13(2)20(30)32-21(3,4)5/h10-11,13,26,29H,6-9,12H2,1-5H3,(H,27,28). The lowest BCUT2D eigenvalue weighted by Crippen LogP contribution is -2.42. The SMILES string of the molecule is CCCc1c(OCCCC(=O)NC(C)C(=O)OC(C)(C)C)ccc(C(=N)C(F)(F)F)c1O. The molecule has 0 aromatic heterocycles. The van der Waals surface area contributed by atoms with Gasteiger partial charge in [-0.15, -0.1) is 0 Å². The lowest BCUT2D eigenvalue weighted by atomic mass is 10.00. The summed E-state index contributed by atoms with van der Waals surface area (Å²) in [5.74, 6) is -1.36. The van der Waals surface area contributed by atoms with Gasteiger partial charge in [0, 0.05) is 17.5 Å². The highest BCUT2D eigenvalue weighted by Crippen LogP contribution is 2.35. The van der Waals surface area contributed by atoms with E-state index in [1.165, 1.54) is 13.0 Å². The van der Waals surface area contributed by atoms with Gasteiger partial charge < -0.3 is 19.9 Å². The predicted molar refractivity (Wildman–Crippen MR) is 113 cm³/mol. The van der Waals surface area contributed by atoms with Crippen molar-refractivity contribution in [3.63, 3.8) is 0 Å². The van der Waals surface area contributed by atoms with Crippen molar-refractivity contribution in [3.05, 3.63) is 23.3 Å². The molecule has 7 nitrogen and oxygen atoms in total. The van der Waals surface area contributed by atoms with Crippen molar-refractivity contribution in [2.45, 2.75) is 78.1 Å². The minimum Gasteiger partial charge on any atom is -0.507 e. The van der Waals surface area contributed by atoms with E-state index in [4.69, 9.17) is 14.9 Å². The smallest absolute Gasteiger partial charge is 0.433 e. The van der Waals surface area contributed by atoms with E-state index >= 15 is 0 Å². The zero-order valence-corrected chi connectivity index (χ0v) is 19.0. The van der Waals surface area contributed by atoms with Gasteiger partial charge in [-0.2, -0.15) is 13.2 Å². The first-order valence-electron chi connectivity index (χ1n) is 10.3. The Kier molecular flexibility index (Phi) is 9.53. The van der Waals surface area contributed by atoms with Crippen LogP contribution in [0.2, 0.25) is 0 Å². The number of carbonyl (C=O) groups excluding carboxylic acids is 2. The van der Waals surface area contributed by atoms with Gasteiger partial charge in [0.15, 0.2) is 0 Å². The second-order valence-corrected chi connectivity index (χ2v) is 8.34. The van der Waals surface area contributed by atoms with Gasteiger partial charge in [0.05, 0.1) is 6.61 Å². The minimum absolute atomic E-state index is 0.0546. The normalized spacial score (nSPS) is 12.8. The maximum atomic E-state index is 12.8. The van der Waals surface area contributed by atoms with Crippen LogP contribution in [0.15, 0.2) is 12.1 Å². The van der Waals surface area contributed by atoms with E-state index in [9.17, 15) is 27.9 Å². The van der Waals surface area contributed by atoms with Gasteiger partial charge in [0.25, 0.3) is 0 Å². The summed E-state index contributed by atoms with van der Waals surface area (Å²) in [6, 6.07) is 1.46. The molecule has 1 aromatic carbocycles. The van der Waals surface area contributed by atoms with Crippen LogP contribution >= 0.6 is 0 Å². The first-order valence-corrected chi connectivity index (χ1v) is 10.3. The second kappa shape index (κ2) is 11.2. The highest BCUT2D eigenvalue weighted by molar-refractivity contribution is 6.04. The number of hydrogen-bond acceptors (Lipinski definition) is 6. The van der Waals surface area contributed by atoms with Crippen LogP contribution in [0.3, 0.4) is 0 Å². The third kappa shape index (κ3) is 8.39. The lowest BCUT2D eigenvalue weighted by Gasteiger charge is -2.22. The molecule has 0 bridgehead atoms. The fourth-order valence-corrected chi connectivity index (χ4v) is 2.78. The van der Waals surface area contributed by atoms with Crippen molar-refractivity contribution in [2.24, 2.45) is 0 Å². The molecule has 0 heterocycles. The zero-order chi connectivity index (χ0) is 24.7. The number of hydrogen-bond donors (Lipinski definition) is 3. The summed E-state index contributed by atoms with van der Waals surface area (Å²) in [5.41, 5.74) is -2.72. The number of esters is 1. The van der Waals surface area contributed by atoms with E-state index in [2.05, 4.69) is 5.32 Å². The Morgan fingerprint density at radius 2 is 1.84 bits per heavy atom. The molecular weight excluding hydrogens is 429 g/mol. The summed E-state index contributed by atoms with van der Waals surface area (Å²) < 4.78 is 49.3. The monoisotopic (exact) mass is 460 g/mol. The molecule has 10 heteroatoms. The highest BCUT2D eigenvalue weighted by Gasteiger charge is 2.37. The first-order chi connectivity index (χ1) is 14.7. The predicted octanol–water partition coefficient (Wildman–Crippen LogP) is 4.28. The number of nitrogens with one attached hydrogen (secondary N) is 2. The molecule has 0 aliphatic rings. The molecule has 180 valence electrons. The van der Waals surface area contributed by atoms with E-state index in [0.29, 0.717) is 6.42 Å². The van der Waals surface area contributed by atoms with Crippen molar-refractivity contribution in [2.75, 3.05) is 6.61 Å². The van der Waals surface area contributed by atoms with Gasteiger partial charge in [0.2, 0.25) is 5.91 Å². The number of rotatable bonds is 10. The Hall–Kier alpha value is -2.78. The van der Waals surface area contributed by atoms with Crippen LogP contribution in [0.4, 0.5) is 13.2 Å². The molecule has 0 spiro atoms. The molecule has 0 fully saturated rings. The molecule has 0 aliphatic carbocycles. The Labute approximate surface area is 185 Å². The fourth-order valence-electron chi connectivity index (χ4n) is 2.78. The maximum absolute atomic E-state index is 12.8. The summed E-state index contributed by atoms with van der Waals surface area (Å²) in [5, 5.41) is 20.1. The Bertz CT molecular complexity index is 832. The van der Waals surface area contributed by atoms with Crippen molar-refractivity contribution >= 4 is 17.6 Å². The Morgan fingerprint density at radius 1 is 1.22 bits per heavy atom. The van der Waals surface area contributed by atoms with Crippen LogP contribution in [0.5, 0.6) is 11.5 Å². The Balaban J connectivity index is 2.69. The number of alkyl halides is 3. The van der Waals surface area contributed by atoms with Gasteiger partial charge in [-0.1, -0.05) is 13.3 Å². The number of phenolic OH excluding ortho intramolecular Hbond substituents is 1. The van der Waals surface area contributed by atoms with E-state index in [1.807, 2.05) is 0 Å². The van der Waals surface area contributed by atoms with Gasteiger partial charge in [-0.3, -0.25) is 10.2 Å². The lowest BCUT2D eigenvalue weighted by molar-refractivity contribution is -0.158. The number of ether oxygens (including phenoxy) is 2. The zero-order valence-electron chi connectivity index (χ0n) is 19.0. The number of carbonyl (C=O) groups is 2. The summed E-state index contributed by atoms with van der Waals surface area (Å²) in [6.45, 7) is 8.55.